The van der Waals surface area contributed by atoms with Crippen molar-refractivity contribution in [1.82, 2.24) is 4.90 Å². The highest BCUT2D eigenvalue weighted by atomic mass is 35.5. The number of nitrogens with two attached hydrogens (primary N) is 1. The first-order valence-electron chi connectivity index (χ1n) is 11.2. The van der Waals surface area contributed by atoms with Crippen LogP contribution in [0.25, 0.3) is 0 Å². The van der Waals surface area contributed by atoms with Crippen LogP contribution in [0.5, 0.6) is 5.75 Å². The first-order valence-corrected chi connectivity index (χ1v) is 11.6. The van der Waals surface area contributed by atoms with Crippen LogP contribution < -0.4 is 10.5 Å². The Balaban J connectivity index is 0.00000181. The van der Waals surface area contributed by atoms with Crippen LogP contribution in [0.3, 0.4) is 0 Å². The average molecular weight is 502 g/mol. The maximum atomic E-state index is 11.6. The fourth-order valence-corrected chi connectivity index (χ4v) is 5.21. The van der Waals surface area contributed by atoms with Crippen molar-refractivity contribution in [1.29, 1.82) is 0 Å². The lowest BCUT2D eigenvalue weighted by molar-refractivity contribution is -0.0294. The molecule has 1 aliphatic carbocycles. The molecule has 2 atom stereocenters. The lowest BCUT2D eigenvalue weighted by Gasteiger charge is -2.41. The van der Waals surface area contributed by atoms with Crippen LogP contribution in [0.15, 0.2) is 48.5 Å². The van der Waals surface area contributed by atoms with Crippen molar-refractivity contribution in [3.8, 4) is 5.75 Å². The predicted octanol–water partition coefficient (Wildman–Crippen LogP) is 5.57. The number of aliphatic hydroxyl groups is 1. The van der Waals surface area contributed by atoms with E-state index in [0.717, 1.165) is 62.9 Å². The van der Waals surface area contributed by atoms with Gasteiger partial charge in [-0.25, -0.2) is 0 Å². The van der Waals surface area contributed by atoms with Crippen LogP contribution in [-0.2, 0) is 6.61 Å². The maximum Gasteiger partial charge on any atom is 0.138 e. The lowest BCUT2D eigenvalue weighted by Crippen LogP contribution is -2.44. The van der Waals surface area contributed by atoms with Gasteiger partial charge in [0, 0.05) is 25.0 Å². The predicted molar refractivity (Wildman–Crippen MR) is 137 cm³/mol. The van der Waals surface area contributed by atoms with E-state index in [2.05, 4.69) is 11.0 Å². The van der Waals surface area contributed by atoms with Gasteiger partial charge in [0.15, 0.2) is 0 Å². The highest BCUT2D eigenvalue weighted by Gasteiger charge is 2.40. The van der Waals surface area contributed by atoms with E-state index < -0.39 is 5.60 Å². The molecule has 32 heavy (non-hydrogen) atoms. The molecule has 4 nitrogen and oxygen atoms in total. The molecule has 2 aliphatic rings. The van der Waals surface area contributed by atoms with Crippen molar-refractivity contribution in [2.45, 2.75) is 62.7 Å². The number of nitrogens with zero attached hydrogens (tertiary/aromatic N) is 1. The highest BCUT2D eigenvalue weighted by molar-refractivity contribution is 6.32. The van der Waals surface area contributed by atoms with E-state index in [4.69, 9.17) is 22.1 Å². The van der Waals surface area contributed by atoms with Crippen molar-refractivity contribution < 1.29 is 9.84 Å². The quantitative estimate of drug-likeness (QED) is 0.520. The van der Waals surface area contributed by atoms with Gasteiger partial charge in [0.05, 0.1) is 10.6 Å². The Morgan fingerprint density at radius 1 is 1.09 bits per heavy atom. The molecule has 0 bridgehead atoms. The summed E-state index contributed by atoms with van der Waals surface area (Å²) in [4.78, 5) is 2.40. The average Bonchev–Trinajstić information content (AvgIpc) is 3.17. The van der Waals surface area contributed by atoms with Gasteiger partial charge in [-0.15, -0.1) is 24.8 Å². The number of hydrogen-bond acceptors (Lipinski definition) is 4. The van der Waals surface area contributed by atoms with Gasteiger partial charge in [-0.05, 0) is 49.1 Å². The summed E-state index contributed by atoms with van der Waals surface area (Å²) >= 11 is 6.62. The van der Waals surface area contributed by atoms with Gasteiger partial charge in [-0.1, -0.05) is 67.3 Å². The molecule has 178 valence electrons. The SMILES string of the molecule is Cl.Cl.N[C@@H]1CCN(CC(c2ccc(OCc3ccccc3)c(Cl)c2)C2(O)CCCCC2)C1. The molecule has 3 N–H and O–H groups in total. The van der Waals surface area contributed by atoms with E-state index in [1.807, 2.05) is 42.5 Å². The molecule has 2 aromatic rings. The van der Waals surface area contributed by atoms with E-state index >= 15 is 0 Å². The summed E-state index contributed by atoms with van der Waals surface area (Å²) in [5, 5.41) is 12.2. The van der Waals surface area contributed by atoms with Crippen LogP contribution in [0.4, 0.5) is 0 Å². The molecule has 7 heteroatoms. The zero-order valence-corrected chi connectivity index (χ0v) is 20.8. The molecule has 1 unspecified atom stereocenters. The maximum absolute atomic E-state index is 11.6. The third kappa shape index (κ3) is 6.75. The summed E-state index contributed by atoms with van der Waals surface area (Å²) in [6, 6.07) is 16.4. The number of hydrogen-bond donors (Lipinski definition) is 2. The van der Waals surface area contributed by atoms with Gasteiger partial charge >= 0.3 is 0 Å². The van der Waals surface area contributed by atoms with E-state index in [1.54, 1.807) is 0 Å². The fourth-order valence-electron chi connectivity index (χ4n) is 4.97. The van der Waals surface area contributed by atoms with Gasteiger partial charge < -0.3 is 20.5 Å². The summed E-state index contributed by atoms with van der Waals surface area (Å²) in [5.74, 6) is 0.714. The van der Waals surface area contributed by atoms with Gasteiger partial charge in [-0.2, -0.15) is 0 Å². The molecule has 0 amide bonds. The van der Waals surface area contributed by atoms with Gasteiger partial charge in [0.1, 0.15) is 12.4 Å². The molecule has 1 saturated heterocycles. The number of ether oxygens (including phenoxy) is 1. The smallest absolute Gasteiger partial charge is 0.138 e. The van der Waals surface area contributed by atoms with Crippen molar-refractivity contribution in [2.75, 3.05) is 19.6 Å². The van der Waals surface area contributed by atoms with E-state index in [9.17, 15) is 5.11 Å². The molecule has 4 rings (SSSR count). The minimum Gasteiger partial charge on any atom is -0.487 e. The van der Waals surface area contributed by atoms with Gasteiger partial charge in [0.25, 0.3) is 0 Å². The Bertz CT molecular complexity index is 831. The third-order valence-corrected chi connectivity index (χ3v) is 7.01. The Hall–Kier alpha value is -1.01. The fraction of sp³-hybridized carbons (Fsp3) is 0.520. The summed E-state index contributed by atoms with van der Waals surface area (Å²) in [7, 11) is 0. The second kappa shape index (κ2) is 12.5. The van der Waals surface area contributed by atoms with E-state index in [1.165, 1.54) is 6.42 Å². The summed E-state index contributed by atoms with van der Waals surface area (Å²) in [6.07, 6.45) is 6.09. The highest BCUT2D eigenvalue weighted by Crippen LogP contribution is 2.42. The topological polar surface area (TPSA) is 58.7 Å². The van der Waals surface area contributed by atoms with Crippen molar-refractivity contribution in [3.63, 3.8) is 0 Å². The molecule has 0 radical (unpaired) electrons. The molecule has 1 saturated carbocycles. The normalized spacial score (nSPS) is 21.3. The minimum atomic E-state index is -0.680. The van der Waals surface area contributed by atoms with Crippen molar-refractivity contribution in [2.24, 2.45) is 5.73 Å². The summed E-state index contributed by atoms with van der Waals surface area (Å²) in [6.45, 7) is 3.21. The monoisotopic (exact) mass is 500 g/mol. The van der Waals surface area contributed by atoms with Crippen LogP contribution in [-0.4, -0.2) is 41.3 Å². The Kier molecular flexibility index (Phi) is 10.6. The molecular formula is C25H35Cl3N2O2. The number of halogens is 3. The van der Waals surface area contributed by atoms with Gasteiger partial charge in [0.2, 0.25) is 0 Å². The van der Waals surface area contributed by atoms with E-state index in [0.29, 0.717) is 17.4 Å². The zero-order valence-electron chi connectivity index (χ0n) is 18.4. The molecule has 0 spiro atoms. The standard InChI is InChI=1S/C25H33ClN2O2.2ClH/c26-23-15-20(9-10-24(23)30-18-19-7-3-1-4-8-19)22(17-28-14-11-21(27)16-28)25(29)12-5-2-6-13-25;;/h1,3-4,7-10,15,21-22,29H,2,5-6,11-14,16-18,27H2;2*1H/t21-,22?;;/m1../s1. The Morgan fingerprint density at radius 2 is 1.81 bits per heavy atom. The lowest BCUT2D eigenvalue weighted by atomic mass is 9.72. The van der Waals surface area contributed by atoms with Gasteiger partial charge in [-0.3, -0.25) is 0 Å². The molecule has 1 aliphatic heterocycles. The molecule has 2 aromatic carbocycles. The number of benzene rings is 2. The first kappa shape index (κ1) is 27.2. The van der Waals surface area contributed by atoms with Crippen molar-refractivity contribution >= 4 is 36.4 Å². The van der Waals surface area contributed by atoms with Crippen molar-refractivity contribution in [3.05, 3.63) is 64.7 Å². The number of likely N-dealkylation sites (tertiary alicyclic amines) is 1. The van der Waals surface area contributed by atoms with Crippen LogP contribution >= 0.6 is 36.4 Å². The van der Waals surface area contributed by atoms with Crippen LogP contribution in [0.1, 0.15) is 55.6 Å². The molecule has 2 fully saturated rings. The third-order valence-electron chi connectivity index (χ3n) is 6.71. The molecular weight excluding hydrogens is 467 g/mol. The molecule has 1 heterocycles. The van der Waals surface area contributed by atoms with E-state index in [-0.39, 0.29) is 36.8 Å². The van der Waals surface area contributed by atoms with Crippen LogP contribution in [0.2, 0.25) is 5.02 Å². The summed E-state index contributed by atoms with van der Waals surface area (Å²) in [5.41, 5.74) is 7.66. The Labute approximate surface area is 209 Å². The number of rotatable bonds is 7. The zero-order chi connectivity index (χ0) is 21.0. The second-order valence-electron chi connectivity index (χ2n) is 8.99. The second-order valence-corrected chi connectivity index (χ2v) is 9.40. The Morgan fingerprint density at radius 3 is 2.44 bits per heavy atom. The molecule has 0 aromatic heterocycles. The minimum absolute atomic E-state index is 0. The van der Waals surface area contributed by atoms with Crippen LogP contribution in [0, 0.1) is 0 Å². The first-order chi connectivity index (χ1) is 14.5. The summed E-state index contributed by atoms with van der Waals surface area (Å²) < 4.78 is 5.95. The largest absolute Gasteiger partial charge is 0.487 e.